The molecule has 0 spiro atoms. The molecule has 9 heteroatoms. The van der Waals surface area contributed by atoms with E-state index in [1.165, 1.54) is 9.60 Å². The van der Waals surface area contributed by atoms with Crippen LogP contribution in [0.4, 0.5) is 0 Å². The molecule has 0 radical (unpaired) electrons. The molecule has 2 aromatic carbocycles. The Morgan fingerprint density at radius 3 is 2.77 bits per heavy atom. The average Bonchev–Trinajstić information content (AvgIpc) is 3.33. The lowest BCUT2D eigenvalue weighted by Crippen LogP contribution is -3.13. The molecular weight excluding hydrogens is 446 g/mol. The third kappa shape index (κ3) is 4.61. The van der Waals surface area contributed by atoms with E-state index in [0.717, 1.165) is 47.3 Å². The maximum atomic E-state index is 10.0. The van der Waals surface area contributed by atoms with E-state index < -0.39 is 0 Å². The van der Waals surface area contributed by atoms with E-state index in [2.05, 4.69) is 22.8 Å². The summed E-state index contributed by atoms with van der Waals surface area (Å²) in [7, 11) is 0. The largest absolute Gasteiger partial charge is 0.387 e. The highest BCUT2D eigenvalue weighted by Gasteiger charge is 2.23. The Hall–Kier alpha value is -2.04. The van der Waals surface area contributed by atoms with Gasteiger partial charge in [0.1, 0.15) is 18.5 Å². The van der Waals surface area contributed by atoms with Crippen LogP contribution in [-0.2, 0) is 12.4 Å². The molecule has 5 rings (SSSR count). The minimum Gasteiger partial charge on any atom is -0.387 e. The number of hydrogen-bond donors (Lipinski definition) is 2. The summed E-state index contributed by atoms with van der Waals surface area (Å²) >= 11 is 9.24. The molecule has 1 aliphatic heterocycles. The van der Waals surface area contributed by atoms with Crippen LogP contribution in [0.25, 0.3) is 15.9 Å². The number of nitrogens with zero attached hydrogens (tertiary/aromatic N) is 4. The number of quaternary nitrogens is 1. The van der Waals surface area contributed by atoms with Crippen LogP contribution >= 0.6 is 35.3 Å². The summed E-state index contributed by atoms with van der Waals surface area (Å²) in [6.07, 6.45) is 1.68. The maximum Gasteiger partial charge on any atom is 0.207 e. The zero-order valence-electron chi connectivity index (χ0n) is 17.0. The highest BCUT2D eigenvalue weighted by Crippen LogP contribution is 2.31. The van der Waals surface area contributed by atoms with Crippen LogP contribution in [0, 0.1) is 4.77 Å². The SMILES string of the molecule is O[C@@H]1CCC[NH+](Cn2nc(CSc3nc4ccccc4s3)n(-c3ccccc3)c2=S)C1. The molecule has 2 N–H and O–H groups in total. The summed E-state index contributed by atoms with van der Waals surface area (Å²) in [4.78, 5) is 6.06. The molecule has 1 unspecified atom stereocenters. The first-order valence-corrected chi connectivity index (χ1v) is 12.6. The predicted octanol–water partition coefficient (Wildman–Crippen LogP) is 3.30. The van der Waals surface area contributed by atoms with Gasteiger partial charge in [0.25, 0.3) is 0 Å². The minimum absolute atomic E-state index is 0.233. The highest BCUT2D eigenvalue weighted by molar-refractivity contribution is 8.00. The Balaban J connectivity index is 1.43. The fourth-order valence-corrected chi connectivity index (χ4v) is 6.30. The lowest BCUT2D eigenvalue weighted by Gasteiger charge is -2.26. The Labute approximate surface area is 194 Å². The number of thioether (sulfide) groups is 1. The minimum atomic E-state index is -0.233. The third-order valence-electron chi connectivity index (χ3n) is 5.49. The van der Waals surface area contributed by atoms with Gasteiger partial charge in [-0.3, -0.25) is 4.57 Å². The van der Waals surface area contributed by atoms with Crippen LogP contribution in [-0.4, -0.2) is 43.6 Å². The van der Waals surface area contributed by atoms with Crippen molar-refractivity contribution in [1.29, 1.82) is 0 Å². The van der Waals surface area contributed by atoms with E-state index in [1.807, 2.05) is 41.1 Å². The van der Waals surface area contributed by atoms with Gasteiger partial charge in [-0.25, -0.2) is 4.98 Å². The molecule has 6 nitrogen and oxygen atoms in total. The Kier molecular flexibility index (Phi) is 6.20. The zero-order chi connectivity index (χ0) is 21.2. The molecule has 1 aliphatic rings. The van der Waals surface area contributed by atoms with Gasteiger partial charge in [-0.05, 0) is 49.3 Å². The van der Waals surface area contributed by atoms with Crippen molar-refractivity contribution >= 4 is 45.5 Å². The van der Waals surface area contributed by atoms with Crippen LogP contribution < -0.4 is 4.90 Å². The highest BCUT2D eigenvalue weighted by atomic mass is 32.2. The number of benzene rings is 2. The van der Waals surface area contributed by atoms with Crippen LogP contribution in [0.5, 0.6) is 0 Å². The van der Waals surface area contributed by atoms with Gasteiger partial charge in [-0.15, -0.1) is 11.3 Å². The monoisotopic (exact) mass is 470 g/mol. The quantitative estimate of drug-likeness (QED) is 0.335. The molecule has 4 aromatic rings. The first-order valence-electron chi connectivity index (χ1n) is 10.4. The fourth-order valence-electron chi connectivity index (χ4n) is 4.01. The van der Waals surface area contributed by atoms with Crippen LogP contribution in [0.3, 0.4) is 0 Å². The summed E-state index contributed by atoms with van der Waals surface area (Å²) in [5.41, 5.74) is 2.06. The van der Waals surface area contributed by atoms with Gasteiger partial charge in [0.15, 0.2) is 11.0 Å². The smallest absolute Gasteiger partial charge is 0.207 e. The van der Waals surface area contributed by atoms with Gasteiger partial charge in [0, 0.05) is 5.69 Å². The van der Waals surface area contributed by atoms with Gasteiger partial charge in [0.2, 0.25) is 4.77 Å². The number of likely N-dealkylation sites (tertiary alicyclic amines) is 1. The Morgan fingerprint density at radius 1 is 1.16 bits per heavy atom. The second kappa shape index (κ2) is 9.22. The number of piperidine rings is 1. The van der Waals surface area contributed by atoms with Crippen LogP contribution in [0.2, 0.25) is 0 Å². The average molecular weight is 471 g/mol. The van der Waals surface area contributed by atoms with E-state index >= 15 is 0 Å². The summed E-state index contributed by atoms with van der Waals surface area (Å²) in [5.74, 6) is 1.60. The standard InChI is InChI=1S/C22H23N5OS3/c28-17-9-6-12-25(13-17)15-26-22(29)27(16-7-2-1-3-8-16)20(24-26)14-30-21-23-18-10-4-5-11-19(18)31-21/h1-5,7-8,10-11,17,28H,6,9,12-15H2/p+1/t17-/m1/s1. The summed E-state index contributed by atoms with van der Waals surface area (Å²) in [6.45, 7) is 2.46. The summed E-state index contributed by atoms with van der Waals surface area (Å²) in [6, 6.07) is 18.4. The molecule has 2 aromatic heterocycles. The number of para-hydroxylation sites is 2. The normalized spacial score (nSPS) is 19.1. The van der Waals surface area contributed by atoms with Crippen molar-refractivity contribution in [2.24, 2.45) is 0 Å². The van der Waals surface area contributed by atoms with Gasteiger partial charge in [-0.2, -0.15) is 9.78 Å². The number of aromatic nitrogens is 4. The van der Waals surface area contributed by atoms with Crippen LogP contribution in [0.1, 0.15) is 18.7 Å². The Morgan fingerprint density at radius 2 is 1.97 bits per heavy atom. The molecule has 3 heterocycles. The van der Waals surface area contributed by atoms with Gasteiger partial charge >= 0.3 is 0 Å². The molecule has 2 atom stereocenters. The maximum absolute atomic E-state index is 10.0. The lowest BCUT2D eigenvalue weighted by atomic mass is 10.1. The van der Waals surface area contributed by atoms with E-state index in [0.29, 0.717) is 17.2 Å². The van der Waals surface area contributed by atoms with E-state index in [1.54, 1.807) is 23.1 Å². The summed E-state index contributed by atoms with van der Waals surface area (Å²) < 4.78 is 6.91. The summed E-state index contributed by atoms with van der Waals surface area (Å²) in [5, 5.41) is 14.9. The fraction of sp³-hybridized carbons (Fsp3) is 0.318. The van der Waals surface area contributed by atoms with Crippen molar-refractivity contribution in [3.05, 3.63) is 65.2 Å². The van der Waals surface area contributed by atoms with E-state index in [-0.39, 0.29) is 6.10 Å². The third-order valence-corrected chi connectivity index (χ3v) is 8.05. The molecule has 1 fully saturated rings. The number of aliphatic hydroxyl groups excluding tert-OH is 1. The van der Waals surface area contributed by atoms with Crippen molar-refractivity contribution in [1.82, 2.24) is 19.3 Å². The second-order valence-electron chi connectivity index (χ2n) is 7.76. The van der Waals surface area contributed by atoms with Crippen molar-refractivity contribution in [3.8, 4) is 5.69 Å². The van der Waals surface area contributed by atoms with Crippen LogP contribution in [0.15, 0.2) is 58.9 Å². The topological polar surface area (TPSA) is 60.3 Å². The lowest BCUT2D eigenvalue weighted by molar-refractivity contribution is -0.931. The molecular formula is C22H24N5OS3+. The number of fused-ring (bicyclic) bond motifs is 1. The van der Waals surface area contributed by atoms with Crippen molar-refractivity contribution < 1.29 is 10.0 Å². The molecule has 31 heavy (non-hydrogen) atoms. The van der Waals surface area contributed by atoms with E-state index in [4.69, 9.17) is 22.3 Å². The molecule has 0 saturated carbocycles. The second-order valence-corrected chi connectivity index (χ2v) is 10.4. The molecule has 0 aliphatic carbocycles. The molecule has 0 bridgehead atoms. The zero-order valence-corrected chi connectivity index (χ0v) is 19.4. The first-order chi connectivity index (χ1) is 15.2. The van der Waals surface area contributed by atoms with Crippen molar-refractivity contribution in [2.75, 3.05) is 13.1 Å². The predicted molar refractivity (Wildman–Crippen MR) is 128 cm³/mol. The van der Waals surface area contributed by atoms with E-state index in [9.17, 15) is 5.11 Å². The van der Waals surface area contributed by atoms with Gasteiger partial charge < -0.3 is 10.0 Å². The molecule has 160 valence electrons. The molecule has 0 amide bonds. The first kappa shape index (κ1) is 20.8. The van der Waals surface area contributed by atoms with Crippen molar-refractivity contribution in [2.45, 2.75) is 35.7 Å². The Bertz CT molecular complexity index is 1200. The number of thiazole rings is 1. The van der Waals surface area contributed by atoms with Gasteiger partial charge in [-0.1, -0.05) is 42.1 Å². The van der Waals surface area contributed by atoms with Crippen molar-refractivity contribution in [3.63, 3.8) is 0 Å². The van der Waals surface area contributed by atoms with Gasteiger partial charge in [0.05, 0.1) is 22.5 Å². The number of hydrogen-bond acceptors (Lipinski definition) is 6. The molecule has 1 saturated heterocycles. The number of nitrogens with one attached hydrogen (secondary N) is 1. The number of rotatable bonds is 6. The number of aliphatic hydroxyl groups is 1.